The second kappa shape index (κ2) is 21.7. The number of aliphatic carboxylic acids is 4. The van der Waals surface area contributed by atoms with E-state index in [-0.39, 0.29) is 0 Å². The molecule has 0 saturated carbocycles. The minimum atomic E-state index is -5.08. The quantitative estimate of drug-likeness (QED) is 0.311. The summed E-state index contributed by atoms with van der Waals surface area (Å²) in [5.74, 6) is -10.4. The number of aromatic nitrogens is 2. The first-order valence-corrected chi connectivity index (χ1v) is 14.2. The number of carbonyl (C=O) groups is 4. The molecule has 2 atom stereocenters. The molecule has 2 aliphatic heterocycles. The van der Waals surface area contributed by atoms with Crippen LogP contribution in [0.15, 0.2) is 48.9 Å². The zero-order valence-corrected chi connectivity index (χ0v) is 26.6. The van der Waals surface area contributed by atoms with Crippen LogP contribution < -0.4 is 0 Å². The molecule has 2 aromatic heterocycles. The van der Waals surface area contributed by atoms with Crippen LogP contribution in [-0.4, -0.2) is 128 Å². The molecule has 0 unspecified atom stereocenters. The number of fused-ring (bicyclic) bond motifs is 1. The van der Waals surface area contributed by atoms with Crippen molar-refractivity contribution in [2.45, 2.75) is 50.3 Å². The van der Waals surface area contributed by atoms with Crippen LogP contribution in [-0.2, 0) is 37.0 Å². The Balaban J connectivity index is 0.000000791. The van der Waals surface area contributed by atoms with Gasteiger partial charge in [0.1, 0.15) is 0 Å². The van der Waals surface area contributed by atoms with Gasteiger partial charge in [-0.15, -0.1) is 0 Å². The van der Waals surface area contributed by atoms with Crippen molar-refractivity contribution in [2.75, 3.05) is 32.8 Å². The monoisotopic (exact) mass is 794 g/mol. The van der Waals surface area contributed by atoms with Gasteiger partial charge in [0.05, 0.1) is 18.4 Å². The molecule has 0 aromatic carbocycles. The predicted molar refractivity (Wildman–Crippen MR) is 152 cm³/mol. The molecule has 4 rings (SSSR count). The number of hydrogen-bond donors (Lipinski definition) is 4. The molecule has 0 radical (unpaired) electrons. The summed E-state index contributed by atoms with van der Waals surface area (Å²) in [6.07, 6.45) is -13.2. The van der Waals surface area contributed by atoms with Gasteiger partial charge in [0.15, 0.2) is 0 Å². The molecular formula is C28H30F12N4O9. The fourth-order valence-corrected chi connectivity index (χ4v) is 3.94. The Bertz CT molecular complexity index is 1320. The number of piperidine rings is 1. The Morgan fingerprint density at radius 2 is 1.08 bits per heavy atom. The smallest absolute Gasteiger partial charge is 0.475 e. The Morgan fingerprint density at radius 1 is 0.642 bits per heavy atom. The summed E-state index contributed by atoms with van der Waals surface area (Å²) >= 11 is 0. The van der Waals surface area contributed by atoms with E-state index < -0.39 is 48.6 Å². The van der Waals surface area contributed by atoms with Crippen LogP contribution in [0.5, 0.6) is 0 Å². The summed E-state index contributed by atoms with van der Waals surface area (Å²) in [6.45, 7) is 7.03. The summed E-state index contributed by atoms with van der Waals surface area (Å²) in [5, 5.41) is 28.5. The molecule has 0 aliphatic carbocycles. The fourth-order valence-electron chi connectivity index (χ4n) is 3.94. The highest BCUT2D eigenvalue weighted by atomic mass is 19.4. The standard InChI is InChI=1S/C20H26N4O.4C2HF3O2/c1-2-7-22-19(3-1)15-23-10-6-18-14-24(11-12-25-20(18)16-23)13-17-4-8-21-9-5-17;4*3-2(4,5)1(6)7/h1-5,7-9,18,20H,6,10-16H2;4*(H,6,7)/t18-,20-;;;;/m1..../s1. The molecule has 53 heavy (non-hydrogen) atoms. The van der Waals surface area contributed by atoms with E-state index in [9.17, 15) is 52.7 Å². The maximum Gasteiger partial charge on any atom is 0.490 e. The summed E-state index contributed by atoms with van der Waals surface area (Å²) < 4.78 is 133. The maximum atomic E-state index is 10.6. The number of carboxylic acid groups (broad SMARTS) is 4. The maximum absolute atomic E-state index is 10.6. The number of carboxylic acids is 4. The SMILES string of the molecule is O=C(O)C(F)(F)F.O=C(O)C(F)(F)F.O=C(O)C(F)(F)F.O=C(O)C(F)(F)F.c1ccc(CN2CC[C@@H]3CN(Cc4ccncc4)CCO[C@@H]3C2)nc1. The van der Waals surface area contributed by atoms with E-state index in [1.165, 1.54) is 12.0 Å². The number of ether oxygens (including phenoxy) is 1. The van der Waals surface area contributed by atoms with Crippen molar-refractivity contribution in [1.29, 1.82) is 0 Å². The first kappa shape index (κ1) is 48.2. The highest BCUT2D eigenvalue weighted by Gasteiger charge is 2.40. The Hall–Kier alpha value is -4.78. The number of halogens is 12. The lowest BCUT2D eigenvalue weighted by atomic mass is 9.93. The van der Waals surface area contributed by atoms with Gasteiger partial charge in [0.25, 0.3) is 0 Å². The van der Waals surface area contributed by atoms with Gasteiger partial charge in [0.2, 0.25) is 0 Å². The van der Waals surface area contributed by atoms with E-state index in [1.807, 2.05) is 24.7 Å². The Kier molecular flexibility index (Phi) is 19.7. The number of pyridine rings is 2. The van der Waals surface area contributed by atoms with Gasteiger partial charge in [0, 0.05) is 57.2 Å². The van der Waals surface area contributed by atoms with Gasteiger partial charge < -0.3 is 25.2 Å². The molecule has 2 saturated heterocycles. The normalized spacial score (nSPS) is 17.9. The van der Waals surface area contributed by atoms with Crippen molar-refractivity contribution in [1.82, 2.24) is 19.8 Å². The summed E-state index contributed by atoms with van der Waals surface area (Å²) in [7, 11) is 0. The third kappa shape index (κ3) is 22.0. The van der Waals surface area contributed by atoms with Gasteiger partial charge in [-0.25, -0.2) is 19.2 Å². The minimum absolute atomic E-state index is 0.347. The van der Waals surface area contributed by atoms with Crippen molar-refractivity contribution >= 4 is 23.9 Å². The molecule has 25 heteroatoms. The highest BCUT2D eigenvalue weighted by Crippen LogP contribution is 2.26. The number of likely N-dealkylation sites (tertiary alicyclic amines) is 1. The van der Waals surface area contributed by atoms with Gasteiger partial charge in [-0.2, -0.15) is 52.7 Å². The number of hydrogen-bond acceptors (Lipinski definition) is 9. The molecule has 13 nitrogen and oxygen atoms in total. The molecule has 300 valence electrons. The highest BCUT2D eigenvalue weighted by molar-refractivity contribution is 5.74. The van der Waals surface area contributed by atoms with Crippen molar-refractivity contribution in [3.05, 3.63) is 60.2 Å². The second-order valence-corrected chi connectivity index (χ2v) is 10.3. The average Bonchev–Trinajstić information content (AvgIpc) is 3.23. The van der Waals surface area contributed by atoms with Crippen LogP contribution in [0.1, 0.15) is 17.7 Å². The molecule has 0 bridgehead atoms. The summed E-state index contributed by atoms with van der Waals surface area (Å²) in [5.41, 5.74) is 2.48. The largest absolute Gasteiger partial charge is 0.490 e. The first-order valence-electron chi connectivity index (χ1n) is 14.2. The molecular weight excluding hydrogens is 764 g/mol. The molecule has 2 aromatic rings. The lowest BCUT2D eigenvalue weighted by Gasteiger charge is -2.37. The van der Waals surface area contributed by atoms with E-state index in [1.54, 1.807) is 0 Å². The average molecular weight is 795 g/mol. The molecule has 2 fully saturated rings. The van der Waals surface area contributed by atoms with E-state index in [0.29, 0.717) is 12.0 Å². The lowest BCUT2D eigenvalue weighted by Crippen LogP contribution is -2.46. The first-order chi connectivity index (χ1) is 24.1. The van der Waals surface area contributed by atoms with E-state index >= 15 is 0 Å². The van der Waals surface area contributed by atoms with Crippen LogP contribution in [0.2, 0.25) is 0 Å². The van der Waals surface area contributed by atoms with E-state index in [0.717, 1.165) is 51.6 Å². The molecule has 0 amide bonds. The number of nitrogens with zero attached hydrogens (tertiary/aromatic N) is 4. The predicted octanol–water partition coefficient (Wildman–Crippen LogP) is 4.73. The molecule has 0 spiro atoms. The number of rotatable bonds is 4. The second-order valence-electron chi connectivity index (χ2n) is 10.3. The molecule has 4 heterocycles. The minimum Gasteiger partial charge on any atom is -0.475 e. The Morgan fingerprint density at radius 3 is 1.47 bits per heavy atom. The van der Waals surface area contributed by atoms with Gasteiger partial charge >= 0.3 is 48.6 Å². The van der Waals surface area contributed by atoms with Crippen LogP contribution in [0.25, 0.3) is 0 Å². The van der Waals surface area contributed by atoms with Crippen molar-refractivity contribution < 1.29 is 97.0 Å². The van der Waals surface area contributed by atoms with Gasteiger partial charge in [-0.3, -0.25) is 19.8 Å². The van der Waals surface area contributed by atoms with E-state index in [4.69, 9.17) is 44.3 Å². The zero-order valence-electron chi connectivity index (χ0n) is 26.6. The van der Waals surface area contributed by atoms with Crippen LogP contribution in [0.3, 0.4) is 0 Å². The summed E-state index contributed by atoms with van der Waals surface area (Å²) in [4.78, 5) is 49.2. The fraction of sp³-hybridized carbons (Fsp3) is 0.500. The number of alkyl halides is 12. The topological polar surface area (TPSA) is 191 Å². The zero-order chi connectivity index (χ0) is 41.2. The third-order valence-electron chi connectivity index (χ3n) is 6.25. The lowest BCUT2D eigenvalue weighted by molar-refractivity contribution is -0.193. The van der Waals surface area contributed by atoms with Gasteiger partial charge in [-0.1, -0.05) is 6.07 Å². The molecule has 2 aliphatic rings. The van der Waals surface area contributed by atoms with Crippen LogP contribution in [0.4, 0.5) is 52.7 Å². The molecule has 4 N–H and O–H groups in total. The van der Waals surface area contributed by atoms with E-state index in [2.05, 4.69) is 44.0 Å². The van der Waals surface area contributed by atoms with Gasteiger partial charge in [-0.05, 0) is 42.8 Å². The van der Waals surface area contributed by atoms with Crippen LogP contribution in [0, 0.1) is 5.92 Å². The third-order valence-corrected chi connectivity index (χ3v) is 6.25. The van der Waals surface area contributed by atoms with Crippen molar-refractivity contribution in [3.63, 3.8) is 0 Å². The summed E-state index contributed by atoms with van der Waals surface area (Å²) in [6, 6.07) is 10.4. The van der Waals surface area contributed by atoms with Crippen molar-refractivity contribution in [2.24, 2.45) is 5.92 Å². The Labute approximate surface area is 290 Å². The van der Waals surface area contributed by atoms with Crippen molar-refractivity contribution in [3.8, 4) is 0 Å². The van der Waals surface area contributed by atoms with Crippen LogP contribution >= 0.6 is 0 Å².